The molecule has 110 valence electrons. The average molecular weight is 310 g/mol. The number of thiophene rings is 1. The second kappa shape index (κ2) is 4.45. The molecule has 0 bridgehead atoms. The minimum atomic E-state index is 0.202. The fraction of sp³-hybridized carbons (Fsp3) is 0.125. The van der Waals surface area contributed by atoms with Crippen LogP contribution in [0.4, 0.5) is 5.69 Å². The lowest BCUT2D eigenvalue weighted by Gasteiger charge is -2.04. The third kappa shape index (κ3) is 1.70. The van der Waals surface area contributed by atoms with Gasteiger partial charge in [-0.2, -0.15) is 0 Å². The molecule has 3 aromatic heterocycles. The normalized spacial score (nSPS) is 11.5. The van der Waals surface area contributed by atoms with Crippen LogP contribution in [0, 0.1) is 13.8 Å². The highest BCUT2D eigenvalue weighted by Gasteiger charge is 2.19. The van der Waals surface area contributed by atoms with E-state index in [1.807, 2.05) is 31.2 Å². The molecule has 1 aromatic carbocycles. The van der Waals surface area contributed by atoms with Crippen LogP contribution in [0.2, 0.25) is 0 Å². The van der Waals surface area contributed by atoms with E-state index in [0.717, 1.165) is 37.5 Å². The molecule has 0 saturated carbocycles. The summed E-state index contributed by atoms with van der Waals surface area (Å²) in [5, 5.41) is 10.9. The molecule has 6 heteroatoms. The first-order valence-corrected chi connectivity index (χ1v) is 7.71. The van der Waals surface area contributed by atoms with Gasteiger partial charge in [0.05, 0.1) is 27.3 Å². The second-order valence-corrected chi connectivity index (χ2v) is 6.30. The number of nitrogens with zero attached hydrogens (tertiary/aromatic N) is 2. The lowest BCUT2D eigenvalue weighted by molar-refractivity contribution is 0.465. The van der Waals surface area contributed by atoms with Gasteiger partial charge in [0, 0.05) is 10.9 Å². The van der Waals surface area contributed by atoms with Crippen LogP contribution < -0.4 is 5.73 Å². The Balaban J connectivity index is 2.03. The van der Waals surface area contributed by atoms with Crippen LogP contribution in [-0.4, -0.2) is 20.1 Å². The standard InChI is InChI=1S/C16H14N4OS/c1-7-11-12(17)14(22-16(11)18-8(2)13(7)21)15-19-9-5-3-4-6-10(9)20-15/h3-6,21H,17H2,1-2H3,(H,19,20). The third-order valence-corrected chi connectivity index (χ3v) is 4.98. The van der Waals surface area contributed by atoms with Crippen molar-refractivity contribution in [3.63, 3.8) is 0 Å². The maximum Gasteiger partial charge on any atom is 0.150 e. The third-order valence-electron chi connectivity index (χ3n) is 3.87. The first kappa shape index (κ1) is 13.1. The lowest BCUT2D eigenvalue weighted by atomic mass is 10.1. The summed E-state index contributed by atoms with van der Waals surface area (Å²) in [5.74, 6) is 0.936. The fourth-order valence-corrected chi connectivity index (χ4v) is 3.85. The van der Waals surface area contributed by atoms with Crippen LogP contribution in [0.1, 0.15) is 11.3 Å². The van der Waals surface area contributed by atoms with E-state index < -0.39 is 0 Å². The van der Waals surface area contributed by atoms with Crippen molar-refractivity contribution < 1.29 is 5.11 Å². The van der Waals surface area contributed by atoms with Crippen LogP contribution in [0.15, 0.2) is 24.3 Å². The predicted octanol–water partition coefficient (Wildman–Crippen LogP) is 3.74. The number of imidazole rings is 1. The first-order valence-electron chi connectivity index (χ1n) is 6.89. The van der Waals surface area contributed by atoms with Gasteiger partial charge in [-0.05, 0) is 26.0 Å². The average Bonchev–Trinajstić information content (AvgIpc) is 3.06. The molecule has 0 unspecified atom stereocenters. The number of aromatic amines is 1. The van der Waals surface area contributed by atoms with E-state index in [4.69, 9.17) is 5.73 Å². The highest BCUT2D eigenvalue weighted by Crippen LogP contribution is 2.43. The van der Waals surface area contributed by atoms with Gasteiger partial charge in [0.15, 0.2) is 5.82 Å². The fourth-order valence-electron chi connectivity index (χ4n) is 2.70. The molecule has 5 nitrogen and oxygen atoms in total. The van der Waals surface area contributed by atoms with E-state index in [2.05, 4.69) is 15.0 Å². The van der Waals surface area contributed by atoms with Crippen molar-refractivity contribution in [1.82, 2.24) is 15.0 Å². The van der Waals surface area contributed by atoms with E-state index in [9.17, 15) is 5.11 Å². The summed E-state index contributed by atoms with van der Waals surface area (Å²) in [6.45, 7) is 3.65. The molecule has 22 heavy (non-hydrogen) atoms. The first-order chi connectivity index (χ1) is 10.6. The van der Waals surface area contributed by atoms with Gasteiger partial charge < -0.3 is 15.8 Å². The van der Waals surface area contributed by atoms with Gasteiger partial charge in [0.25, 0.3) is 0 Å². The van der Waals surface area contributed by atoms with E-state index in [1.54, 1.807) is 6.92 Å². The summed E-state index contributed by atoms with van der Waals surface area (Å²) in [5.41, 5.74) is 10.2. The van der Waals surface area contributed by atoms with Gasteiger partial charge in [-0.25, -0.2) is 9.97 Å². The molecule has 4 aromatic rings. The molecule has 0 aliphatic heterocycles. The molecule has 4 rings (SSSR count). The highest BCUT2D eigenvalue weighted by molar-refractivity contribution is 7.22. The van der Waals surface area contributed by atoms with Crippen molar-refractivity contribution in [1.29, 1.82) is 0 Å². The summed E-state index contributed by atoms with van der Waals surface area (Å²) in [6, 6.07) is 7.85. The zero-order chi connectivity index (χ0) is 15.4. The quantitative estimate of drug-likeness (QED) is 0.499. The maximum absolute atomic E-state index is 10.1. The van der Waals surface area contributed by atoms with Crippen LogP contribution in [0.5, 0.6) is 5.75 Å². The second-order valence-electron chi connectivity index (χ2n) is 5.30. The van der Waals surface area contributed by atoms with Gasteiger partial charge in [-0.3, -0.25) is 0 Å². The molecule has 0 atom stereocenters. The number of para-hydroxylation sites is 2. The minimum absolute atomic E-state index is 0.202. The molecule has 0 saturated heterocycles. The zero-order valence-corrected chi connectivity index (χ0v) is 13.0. The molecule has 3 heterocycles. The zero-order valence-electron chi connectivity index (χ0n) is 12.1. The molecular formula is C16H14N4OS. The smallest absolute Gasteiger partial charge is 0.150 e. The number of fused-ring (bicyclic) bond motifs is 2. The minimum Gasteiger partial charge on any atom is -0.506 e. The SMILES string of the molecule is Cc1nc2sc(-c3nc4ccccc4[nH]3)c(N)c2c(C)c1O. The van der Waals surface area contributed by atoms with Crippen molar-refractivity contribution in [2.45, 2.75) is 13.8 Å². The van der Waals surface area contributed by atoms with E-state index >= 15 is 0 Å². The summed E-state index contributed by atoms with van der Waals surface area (Å²) < 4.78 is 0. The predicted molar refractivity (Wildman–Crippen MR) is 90.3 cm³/mol. The molecule has 0 amide bonds. The number of rotatable bonds is 1. The number of aryl methyl sites for hydroxylation is 2. The number of hydrogen-bond acceptors (Lipinski definition) is 5. The van der Waals surface area contributed by atoms with E-state index in [0.29, 0.717) is 11.4 Å². The number of anilines is 1. The van der Waals surface area contributed by atoms with Gasteiger partial charge in [-0.1, -0.05) is 12.1 Å². The summed E-state index contributed by atoms with van der Waals surface area (Å²) in [4.78, 5) is 14.0. The van der Waals surface area contributed by atoms with E-state index in [-0.39, 0.29) is 5.75 Å². The van der Waals surface area contributed by atoms with Crippen LogP contribution in [-0.2, 0) is 0 Å². The summed E-state index contributed by atoms with van der Waals surface area (Å²) in [6.07, 6.45) is 0. The van der Waals surface area contributed by atoms with Gasteiger partial charge in [-0.15, -0.1) is 11.3 Å². The molecular weight excluding hydrogens is 296 g/mol. The van der Waals surface area contributed by atoms with Crippen molar-refractivity contribution in [3.8, 4) is 16.5 Å². The van der Waals surface area contributed by atoms with Crippen molar-refractivity contribution in [2.24, 2.45) is 0 Å². The van der Waals surface area contributed by atoms with Crippen LogP contribution >= 0.6 is 11.3 Å². The monoisotopic (exact) mass is 310 g/mol. The number of H-pyrrole nitrogens is 1. The Morgan fingerprint density at radius 1 is 1.18 bits per heavy atom. The number of nitrogen functional groups attached to an aromatic ring is 1. The molecule has 0 spiro atoms. The Hall–Kier alpha value is -2.60. The molecule has 0 aliphatic rings. The van der Waals surface area contributed by atoms with Crippen molar-refractivity contribution in [2.75, 3.05) is 5.73 Å². The van der Waals surface area contributed by atoms with Gasteiger partial charge >= 0.3 is 0 Å². The Labute approximate surface area is 130 Å². The van der Waals surface area contributed by atoms with Crippen LogP contribution in [0.3, 0.4) is 0 Å². The van der Waals surface area contributed by atoms with E-state index in [1.165, 1.54) is 11.3 Å². The van der Waals surface area contributed by atoms with Crippen LogP contribution in [0.25, 0.3) is 32.0 Å². The Bertz CT molecular complexity index is 999. The number of aromatic hydroxyl groups is 1. The largest absolute Gasteiger partial charge is 0.506 e. The number of benzene rings is 1. The molecule has 0 fully saturated rings. The number of nitrogens with two attached hydrogens (primary N) is 1. The van der Waals surface area contributed by atoms with Crippen molar-refractivity contribution in [3.05, 3.63) is 35.5 Å². The Morgan fingerprint density at radius 2 is 1.95 bits per heavy atom. The molecule has 4 N–H and O–H groups in total. The highest BCUT2D eigenvalue weighted by atomic mass is 32.1. The molecule has 0 radical (unpaired) electrons. The molecule has 0 aliphatic carbocycles. The van der Waals surface area contributed by atoms with Crippen molar-refractivity contribution >= 4 is 38.3 Å². The summed E-state index contributed by atoms with van der Waals surface area (Å²) in [7, 11) is 0. The Kier molecular flexibility index (Phi) is 2.65. The topological polar surface area (TPSA) is 87.8 Å². The number of nitrogens with one attached hydrogen (secondary N) is 1. The Morgan fingerprint density at radius 3 is 2.73 bits per heavy atom. The lowest BCUT2D eigenvalue weighted by Crippen LogP contribution is -1.91. The number of aromatic nitrogens is 3. The maximum atomic E-state index is 10.1. The number of pyridine rings is 1. The van der Waals surface area contributed by atoms with Gasteiger partial charge in [0.1, 0.15) is 10.6 Å². The van der Waals surface area contributed by atoms with Gasteiger partial charge in [0.2, 0.25) is 0 Å². The summed E-state index contributed by atoms with van der Waals surface area (Å²) >= 11 is 1.49. The number of hydrogen-bond donors (Lipinski definition) is 3.